The lowest BCUT2D eigenvalue weighted by molar-refractivity contribution is -0.117. The van der Waals surface area contributed by atoms with Gasteiger partial charge in [0.1, 0.15) is 5.82 Å². The first kappa shape index (κ1) is 8.23. The van der Waals surface area contributed by atoms with Gasteiger partial charge in [0.2, 0.25) is 5.91 Å². The van der Waals surface area contributed by atoms with Crippen LogP contribution in [0.15, 0.2) is 18.3 Å². The van der Waals surface area contributed by atoms with E-state index in [1.165, 1.54) is 0 Å². The third-order valence-electron chi connectivity index (χ3n) is 2.31. The van der Waals surface area contributed by atoms with E-state index < -0.39 is 0 Å². The molecule has 0 radical (unpaired) electrons. The Bertz CT molecular complexity index is 335. The second kappa shape index (κ2) is 3.17. The minimum absolute atomic E-state index is 0.196. The van der Waals surface area contributed by atoms with E-state index in [-0.39, 0.29) is 5.91 Å². The number of hydrogen-bond acceptors (Lipinski definition) is 2. The highest BCUT2D eigenvalue weighted by Crippen LogP contribution is 2.21. The number of carbonyl (C=O) groups is 1. The summed E-state index contributed by atoms with van der Waals surface area (Å²) in [4.78, 5) is 17.4. The molecule has 3 nitrogen and oxygen atoms in total. The Morgan fingerprint density at radius 2 is 2.38 bits per heavy atom. The fourth-order valence-electron chi connectivity index (χ4n) is 1.63. The molecule has 3 heteroatoms. The van der Waals surface area contributed by atoms with E-state index in [1.807, 2.05) is 19.1 Å². The Labute approximate surface area is 77.4 Å². The van der Waals surface area contributed by atoms with Gasteiger partial charge in [0.15, 0.2) is 0 Å². The summed E-state index contributed by atoms with van der Waals surface area (Å²) in [5.41, 5.74) is 1.07. The van der Waals surface area contributed by atoms with Crippen molar-refractivity contribution in [2.45, 2.75) is 19.8 Å². The number of nitrogens with zero attached hydrogens (tertiary/aromatic N) is 2. The van der Waals surface area contributed by atoms with Crippen LogP contribution in [0.5, 0.6) is 0 Å². The summed E-state index contributed by atoms with van der Waals surface area (Å²) in [6, 6.07) is 3.87. The average Bonchev–Trinajstić information content (AvgIpc) is 2.52. The molecule has 1 aliphatic heterocycles. The van der Waals surface area contributed by atoms with Gasteiger partial charge in [-0.3, -0.25) is 9.69 Å². The van der Waals surface area contributed by atoms with Crippen LogP contribution < -0.4 is 4.90 Å². The summed E-state index contributed by atoms with van der Waals surface area (Å²) in [5, 5.41) is 0. The maximum atomic E-state index is 11.4. The highest BCUT2D eigenvalue weighted by molar-refractivity contribution is 5.94. The summed E-state index contributed by atoms with van der Waals surface area (Å²) < 4.78 is 0. The van der Waals surface area contributed by atoms with Gasteiger partial charge in [-0.05, 0) is 25.0 Å². The van der Waals surface area contributed by atoms with Crippen molar-refractivity contribution in [1.29, 1.82) is 0 Å². The van der Waals surface area contributed by atoms with Crippen molar-refractivity contribution >= 4 is 11.7 Å². The molecule has 1 aromatic heterocycles. The molecule has 0 aliphatic carbocycles. The van der Waals surface area contributed by atoms with E-state index in [0.717, 1.165) is 24.3 Å². The van der Waals surface area contributed by atoms with Gasteiger partial charge in [0.05, 0.1) is 0 Å². The Morgan fingerprint density at radius 1 is 1.54 bits per heavy atom. The van der Waals surface area contributed by atoms with Crippen molar-refractivity contribution in [2.75, 3.05) is 11.4 Å². The molecule has 0 saturated carbocycles. The molecule has 2 rings (SSSR count). The first-order valence-corrected chi connectivity index (χ1v) is 4.51. The summed E-state index contributed by atoms with van der Waals surface area (Å²) >= 11 is 0. The molecule has 2 heterocycles. The van der Waals surface area contributed by atoms with Crippen LogP contribution in [-0.2, 0) is 4.79 Å². The number of aromatic nitrogens is 1. The van der Waals surface area contributed by atoms with E-state index in [1.54, 1.807) is 11.1 Å². The minimum atomic E-state index is 0.196. The maximum Gasteiger partial charge on any atom is 0.228 e. The van der Waals surface area contributed by atoms with Crippen molar-refractivity contribution < 1.29 is 4.79 Å². The number of amides is 1. The van der Waals surface area contributed by atoms with E-state index in [4.69, 9.17) is 0 Å². The van der Waals surface area contributed by atoms with Gasteiger partial charge in [0, 0.05) is 19.2 Å². The minimum Gasteiger partial charge on any atom is -0.297 e. The highest BCUT2D eigenvalue weighted by Gasteiger charge is 2.23. The third-order valence-corrected chi connectivity index (χ3v) is 2.31. The van der Waals surface area contributed by atoms with E-state index >= 15 is 0 Å². The second-order valence-electron chi connectivity index (χ2n) is 3.29. The fourth-order valence-corrected chi connectivity index (χ4v) is 1.63. The van der Waals surface area contributed by atoms with Crippen LogP contribution in [0.2, 0.25) is 0 Å². The Hall–Kier alpha value is -1.38. The second-order valence-corrected chi connectivity index (χ2v) is 3.29. The molecule has 0 atom stereocenters. The molecule has 0 bridgehead atoms. The standard InChI is InChI=1S/C10H12N2O/c1-8-4-2-6-11-10(8)12-7-3-5-9(12)13/h2,4,6H,3,5,7H2,1H3. The summed E-state index contributed by atoms with van der Waals surface area (Å²) in [5.74, 6) is 1.02. The van der Waals surface area contributed by atoms with Gasteiger partial charge in [-0.2, -0.15) is 0 Å². The number of aryl methyl sites for hydroxylation is 1. The van der Waals surface area contributed by atoms with Crippen LogP contribution in [0.25, 0.3) is 0 Å². The normalized spacial score (nSPS) is 16.7. The van der Waals surface area contributed by atoms with E-state index in [9.17, 15) is 4.79 Å². The van der Waals surface area contributed by atoms with Crippen LogP contribution in [0, 0.1) is 6.92 Å². The van der Waals surface area contributed by atoms with Crippen molar-refractivity contribution in [3.8, 4) is 0 Å². The molecule has 0 spiro atoms. The molecule has 1 aromatic rings. The SMILES string of the molecule is Cc1cccnc1N1CCCC1=O. The van der Waals surface area contributed by atoms with Crippen molar-refractivity contribution in [1.82, 2.24) is 4.98 Å². The lowest BCUT2D eigenvalue weighted by atomic mass is 10.3. The lowest BCUT2D eigenvalue weighted by Crippen LogP contribution is -2.25. The van der Waals surface area contributed by atoms with Crippen LogP contribution >= 0.6 is 0 Å². The summed E-state index contributed by atoms with van der Waals surface area (Å²) in [6.45, 7) is 2.80. The smallest absolute Gasteiger partial charge is 0.228 e. The Kier molecular flexibility index (Phi) is 2.00. The first-order chi connectivity index (χ1) is 6.29. The predicted molar refractivity (Wildman–Crippen MR) is 50.6 cm³/mol. The summed E-state index contributed by atoms with van der Waals surface area (Å²) in [6.07, 6.45) is 3.35. The molecule has 0 N–H and O–H groups in total. The van der Waals surface area contributed by atoms with Gasteiger partial charge >= 0.3 is 0 Å². The van der Waals surface area contributed by atoms with Crippen LogP contribution in [0.1, 0.15) is 18.4 Å². The topological polar surface area (TPSA) is 33.2 Å². The van der Waals surface area contributed by atoms with E-state index in [0.29, 0.717) is 6.42 Å². The molecule has 1 amide bonds. The zero-order chi connectivity index (χ0) is 9.26. The number of hydrogen-bond donors (Lipinski definition) is 0. The molecule has 13 heavy (non-hydrogen) atoms. The fraction of sp³-hybridized carbons (Fsp3) is 0.400. The molecule has 0 aromatic carbocycles. The van der Waals surface area contributed by atoms with Gasteiger partial charge in [0.25, 0.3) is 0 Å². The number of carbonyl (C=O) groups excluding carboxylic acids is 1. The monoisotopic (exact) mass is 176 g/mol. The van der Waals surface area contributed by atoms with Gasteiger partial charge in [-0.1, -0.05) is 6.07 Å². The van der Waals surface area contributed by atoms with Crippen LogP contribution in [0.4, 0.5) is 5.82 Å². The summed E-state index contributed by atoms with van der Waals surface area (Å²) in [7, 11) is 0. The highest BCUT2D eigenvalue weighted by atomic mass is 16.2. The largest absolute Gasteiger partial charge is 0.297 e. The van der Waals surface area contributed by atoms with Gasteiger partial charge < -0.3 is 0 Å². The van der Waals surface area contributed by atoms with Crippen molar-refractivity contribution in [3.05, 3.63) is 23.9 Å². The van der Waals surface area contributed by atoms with Gasteiger partial charge in [-0.15, -0.1) is 0 Å². The molecule has 1 fully saturated rings. The van der Waals surface area contributed by atoms with Crippen LogP contribution in [-0.4, -0.2) is 17.4 Å². The zero-order valence-corrected chi connectivity index (χ0v) is 7.66. The van der Waals surface area contributed by atoms with Crippen molar-refractivity contribution in [3.63, 3.8) is 0 Å². The predicted octanol–water partition coefficient (Wildman–Crippen LogP) is 1.52. The maximum absolute atomic E-state index is 11.4. The molecule has 1 aliphatic rings. The zero-order valence-electron chi connectivity index (χ0n) is 7.66. The van der Waals surface area contributed by atoms with Gasteiger partial charge in [-0.25, -0.2) is 4.98 Å². The van der Waals surface area contributed by atoms with E-state index in [2.05, 4.69) is 4.98 Å². The quantitative estimate of drug-likeness (QED) is 0.650. The molecular weight excluding hydrogens is 164 g/mol. The third kappa shape index (κ3) is 1.41. The number of pyridine rings is 1. The lowest BCUT2D eigenvalue weighted by Gasteiger charge is -2.15. The number of rotatable bonds is 1. The average molecular weight is 176 g/mol. The van der Waals surface area contributed by atoms with Crippen molar-refractivity contribution in [2.24, 2.45) is 0 Å². The molecule has 0 unspecified atom stereocenters. The Morgan fingerprint density at radius 3 is 3.00 bits per heavy atom. The first-order valence-electron chi connectivity index (χ1n) is 4.51. The van der Waals surface area contributed by atoms with Crippen LogP contribution in [0.3, 0.4) is 0 Å². The molecule has 68 valence electrons. The number of anilines is 1. The molecule has 1 saturated heterocycles. The Balaban J connectivity index is 2.34. The molecular formula is C10H12N2O.